The third-order valence-electron chi connectivity index (χ3n) is 3.32. The highest BCUT2D eigenvalue weighted by Gasteiger charge is 2.36. The van der Waals surface area contributed by atoms with Crippen LogP contribution in [-0.2, 0) is 0 Å². The molecule has 0 aliphatic heterocycles. The highest BCUT2D eigenvalue weighted by Crippen LogP contribution is 2.31. The Bertz CT molecular complexity index is 483. The van der Waals surface area contributed by atoms with Crippen LogP contribution in [0.2, 0.25) is 5.02 Å². The van der Waals surface area contributed by atoms with Crippen molar-refractivity contribution in [3.63, 3.8) is 0 Å². The number of hydrogen-bond donors (Lipinski definition) is 1. The summed E-state index contributed by atoms with van der Waals surface area (Å²) < 4.78 is 37.5. The Hall–Kier alpha value is -1.23. The van der Waals surface area contributed by atoms with Crippen LogP contribution in [0.3, 0.4) is 0 Å². The molecule has 0 bridgehead atoms. The van der Waals surface area contributed by atoms with Crippen molar-refractivity contribution in [3.05, 3.63) is 34.9 Å². The fourth-order valence-corrected chi connectivity index (χ4v) is 1.91. The highest BCUT2D eigenvalue weighted by molar-refractivity contribution is 6.30. The number of nitrogens with one attached hydrogen (secondary N) is 1. The van der Waals surface area contributed by atoms with Gasteiger partial charge in [0.2, 0.25) is 0 Å². The fraction of sp³-hybridized carbons (Fsp3) is 0.533. The zero-order chi connectivity index (χ0) is 16.3. The van der Waals surface area contributed by atoms with E-state index < -0.39 is 17.6 Å². The molecule has 0 radical (unpaired) electrons. The van der Waals surface area contributed by atoms with E-state index in [1.54, 1.807) is 38.1 Å². The van der Waals surface area contributed by atoms with E-state index in [2.05, 4.69) is 5.32 Å². The summed E-state index contributed by atoms with van der Waals surface area (Å²) in [4.78, 5) is 12.0. The Labute approximate surface area is 127 Å². The van der Waals surface area contributed by atoms with Crippen LogP contribution in [0, 0.1) is 5.92 Å². The minimum absolute atomic E-state index is 0.0304. The zero-order valence-electron chi connectivity index (χ0n) is 12.2. The molecule has 2 nitrogen and oxygen atoms in total. The van der Waals surface area contributed by atoms with E-state index in [4.69, 9.17) is 11.6 Å². The topological polar surface area (TPSA) is 29.1 Å². The first-order chi connectivity index (χ1) is 9.51. The predicted molar refractivity (Wildman–Crippen MR) is 77.5 cm³/mol. The van der Waals surface area contributed by atoms with Gasteiger partial charge in [0, 0.05) is 16.1 Å². The Morgan fingerprint density at radius 3 is 2.24 bits per heavy atom. The van der Waals surface area contributed by atoms with E-state index in [1.165, 1.54) is 0 Å². The molecule has 1 aromatic carbocycles. The summed E-state index contributed by atoms with van der Waals surface area (Å²) in [7, 11) is 0. The largest absolute Gasteiger partial charge is 0.391 e. The molecule has 0 saturated carbocycles. The average Bonchev–Trinajstić information content (AvgIpc) is 2.35. The molecule has 0 fully saturated rings. The fourth-order valence-electron chi connectivity index (χ4n) is 1.78. The summed E-state index contributed by atoms with van der Waals surface area (Å²) in [6.45, 7) is 4.57. The third kappa shape index (κ3) is 5.96. The van der Waals surface area contributed by atoms with Gasteiger partial charge in [-0.2, -0.15) is 13.2 Å². The van der Waals surface area contributed by atoms with Crippen molar-refractivity contribution < 1.29 is 18.0 Å². The number of rotatable bonds is 5. The molecule has 0 heterocycles. The smallest absolute Gasteiger partial charge is 0.347 e. The number of hydrogen-bond acceptors (Lipinski definition) is 1. The van der Waals surface area contributed by atoms with Gasteiger partial charge in [-0.25, -0.2) is 0 Å². The molecule has 21 heavy (non-hydrogen) atoms. The van der Waals surface area contributed by atoms with Crippen molar-refractivity contribution in [2.24, 2.45) is 5.92 Å². The lowest BCUT2D eigenvalue weighted by molar-refractivity contribution is -0.172. The van der Waals surface area contributed by atoms with Crippen molar-refractivity contribution in [3.8, 4) is 0 Å². The van der Waals surface area contributed by atoms with Gasteiger partial charge in [-0.1, -0.05) is 18.5 Å². The molecule has 1 atom stereocenters. The first kappa shape index (κ1) is 17.8. The van der Waals surface area contributed by atoms with Gasteiger partial charge in [0.25, 0.3) is 5.91 Å². The summed E-state index contributed by atoms with van der Waals surface area (Å²) in [5.41, 5.74) is -0.285. The molecule has 1 unspecified atom stereocenters. The van der Waals surface area contributed by atoms with Gasteiger partial charge in [0.15, 0.2) is 0 Å². The van der Waals surface area contributed by atoms with Gasteiger partial charge >= 0.3 is 6.18 Å². The van der Waals surface area contributed by atoms with Gasteiger partial charge < -0.3 is 5.32 Å². The highest BCUT2D eigenvalue weighted by atomic mass is 35.5. The molecule has 0 aromatic heterocycles. The molecule has 0 aliphatic rings. The minimum atomic E-state index is -4.20. The van der Waals surface area contributed by atoms with E-state index >= 15 is 0 Å². The van der Waals surface area contributed by atoms with E-state index in [0.717, 1.165) is 6.92 Å². The maximum atomic E-state index is 12.5. The maximum Gasteiger partial charge on any atom is 0.391 e. The van der Waals surface area contributed by atoms with Crippen LogP contribution < -0.4 is 5.32 Å². The molecular weight excluding hydrogens is 303 g/mol. The van der Waals surface area contributed by atoms with Crippen LogP contribution in [0.15, 0.2) is 24.3 Å². The summed E-state index contributed by atoms with van der Waals surface area (Å²) >= 11 is 5.74. The second-order valence-electron chi connectivity index (χ2n) is 5.83. The van der Waals surface area contributed by atoms with Crippen LogP contribution >= 0.6 is 11.6 Å². The van der Waals surface area contributed by atoms with Crippen molar-refractivity contribution in [1.82, 2.24) is 5.32 Å². The number of alkyl halides is 3. The lowest BCUT2D eigenvalue weighted by Crippen LogP contribution is -2.44. The Morgan fingerprint density at radius 2 is 1.76 bits per heavy atom. The molecule has 0 spiro atoms. The number of carbonyl (C=O) groups is 1. The second kappa shape index (κ2) is 6.69. The van der Waals surface area contributed by atoms with Crippen molar-refractivity contribution in [2.45, 2.75) is 45.3 Å². The normalized spacial score (nSPS) is 13.9. The molecule has 0 saturated heterocycles. The molecule has 1 N–H and O–H groups in total. The molecule has 6 heteroatoms. The number of halogens is 4. The van der Waals surface area contributed by atoms with E-state index in [-0.39, 0.29) is 18.7 Å². The molecule has 0 aliphatic carbocycles. The standard InChI is InChI=1S/C15H19ClF3NO/c1-10(15(17,18)19)8-9-14(2,3)20-13(21)11-4-6-12(16)7-5-11/h4-7,10H,8-9H2,1-3H3,(H,20,21). The quantitative estimate of drug-likeness (QED) is 0.827. The number of benzene rings is 1. The Kier molecular flexibility index (Phi) is 5.68. The van der Waals surface area contributed by atoms with Crippen molar-refractivity contribution in [1.29, 1.82) is 0 Å². The van der Waals surface area contributed by atoms with Gasteiger partial charge in [-0.05, 0) is 51.0 Å². The summed E-state index contributed by atoms with van der Waals surface area (Å²) in [6, 6.07) is 6.34. The van der Waals surface area contributed by atoms with Crippen LogP contribution in [0.1, 0.15) is 44.0 Å². The first-order valence-electron chi connectivity index (χ1n) is 6.66. The second-order valence-corrected chi connectivity index (χ2v) is 6.26. The predicted octanol–water partition coefficient (Wildman–Crippen LogP) is 4.83. The molecular formula is C15H19ClF3NO. The molecule has 1 amide bonds. The van der Waals surface area contributed by atoms with Gasteiger partial charge in [-0.3, -0.25) is 4.79 Å². The van der Waals surface area contributed by atoms with E-state index in [1.807, 2.05) is 0 Å². The van der Waals surface area contributed by atoms with Gasteiger partial charge in [0.05, 0.1) is 5.92 Å². The lowest BCUT2D eigenvalue weighted by atomic mass is 9.92. The summed E-state index contributed by atoms with van der Waals surface area (Å²) in [6.07, 6.45) is -3.99. The molecule has 118 valence electrons. The summed E-state index contributed by atoms with van der Waals surface area (Å²) in [5.74, 6) is -1.71. The molecule has 1 rings (SSSR count). The monoisotopic (exact) mass is 321 g/mol. The van der Waals surface area contributed by atoms with Crippen LogP contribution in [0.25, 0.3) is 0 Å². The third-order valence-corrected chi connectivity index (χ3v) is 3.57. The Morgan fingerprint density at radius 1 is 1.24 bits per heavy atom. The minimum Gasteiger partial charge on any atom is -0.347 e. The number of carbonyl (C=O) groups excluding carboxylic acids is 1. The number of amides is 1. The maximum absolute atomic E-state index is 12.5. The lowest BCUT2D eigenvalue weighted by Gasteiger charge is -2.28. The van der Waals surface area contributed by atoms with Crippen LogP contribution in [0.5, 0.6) is 0 Å². The SMILES string of the molecule is CC(CCC(C)(C)NC(=O)c1ccc(Cl)cc1)C(F)(F)F. The van der Waals surface area contributed by atoms with Crippen LogP contribution in [0.4, 0.5) is 13.2 Å². The van der Waals surface area contributed by atoms with Crippen molar-refractivity contribution >= 4 is 17.5 Å². The Balaban J connectivity index is 2.59. The summed E-state index contributed by atoms with van der Waals surface area (Å²) in [5, 5.41) is 3.27. The average molecular weight is 322 g/mol. The van der Waals surface area contributed by atoms with Crippen molar-refractivity contribution in [2.75, 3.05) is 0 Å². The van der Waals surface area contributed by atoms with E-state index in [9.17, 15) is 18.0 Å². The van der Waals surface area contributed by atoms with Crippen LogP contribution in [-0.4, -0.2) is 17.6 Å². The van der Waals surface area contributed by atoms with E-state index in [0.29, 0.717) is 10.6 Å². The molecule has 1 aromatic rings. The van der Waals surface area contributed by atoms with Gasteiger partial charge in [-0.15, -0.1) is 0 Å². The van der Waals surface area contributed by atoms with Gasteiger partial charge in [0.1, 0.15) is 0 Å². The zero-order valence-corrected chi connectivity index (χ0v) is 13.0. The first-order valence-corrected chi connectivity index (χ1v) is 7.04.